The van der Waals surface area contributed by atoms with E-state index in [1.807, 2.05) is 13.0 Å². The first-order valence-electron chi connectivity index (χ1n) is 9.58. The van der Waals surface area contributed by atoms with Crippen LogP contribution < -0.4 is 10.3 Å². The normalized spacial score (nSPS) is 14.1. The second-order valence-electron chi connectivity index (χ2n) is 7.06. The first-order valence-corrected chi connectivity index (χ1v) is 10.6. The highest BCUT2D eigenvalue weighted by Gasteiger charge is 2.40. The summed E-state index contributed by atoms with van der Waals surface area (Å²) in [6.45, 7) is 1.81. The molecule has 0 N–H and O–H groups in total. The Hall–Kier alpha value is -3.00. The van der Waals surface area contributed by atoms with Crippen molar-refractivity contribution in [1.82, 2.24) is 19.1 Å². The number of aryl methyl sites for hydroxylation is 1. The molecular weight excluding hydrogens is 431 g/mol. The third-order valence-corrected chi connectivity index (χ3v) is 5.83. The van der Waals surface area contributed by atoms with Gasteiger partial charge in [0.15, 0.2) is 12.4 Å². The summed E-state index contributed by atoms with van der Waals surface area (Å²) in [6, 6.07) is 4.09. The minimum atomic E-state index is -4.66. The molecule has 0 aromatic carbocycles. The van der Waals surface area contributed by atoms with Crippen LogP contribution in [0, 0.1) is 11.3 Å². The molecule has 0 unspecified atom stereocenters. The smallest absolute Gasteiger partial charge is 0.431 e. The van der Waals surface area contributed by atoms with Gasteiger partial charge in [-0.05, 0) is 30.7 Å². The molecule has 3 aromatic rings. The minimum absolute atomic E-state index is 0.0224. The summed E-state index contributed by atoms with van der Waals surface area (Å²) in [6.07, 6.45) is -2.14. The van der Waals surface area contributed by atoms with Crippen molar-refractivity contribution in [3.63, 3.8) is 0 Å². The summed E-state index contributed by atoms with van der Waals surface area (Å²) in [5.41, 5.74) is -1.17. The molecule has 0 saturated heterocycles. The predicted molar refractivity (Wildman–Crippen MR) is 109 cm³/mol. The molecule has 1 aliphatic carbocycles. The van der Waals surface area contributed by atoms with Gasteiger partial charge in [0.2, 0.25) is 0 Å². The molecule has 0 amide bonds. The van der Waals surface area contributed by atoms with E-state index >= 15 is 0 Å². The van der Waals surface area contributed by atoms with Crippen LogP contribution in [0.1, 0.15) is 31.5 Å². The van der Waals surface area contributed by atoms with Gasteiger partial charge in [-0.2, -0.15) is 18.4 Å². The number of thioether (sulfide) groups is 1. The van der Waals surface area contributed by atoms with Crippen LogP contribution in [-0.2, 0) is 13.2 Å². The molecule has 1 aliphatic rings. The van der Waals surface area contributed by atoms with E-state index in [0.29, 0.717) is 34.9 Å². The maximum absolute atomic E-state index is 13.6. The van der Waals surface area contributed by atoms with Crippen molar-refractivity contribution in [3.05, 3.63) is 34.4 Å². The summed E-state index contributed by atoms with van der Waals surface area (Å²) in [7, 11) is 1.60. The number of hydrogen-bond donors (Lipinski definition) is 0. The van der Waals surface area contributed by atoms with Crippen LogP contribution in [-0.4, -0.2) is 31.5 Å². The molecule has 0 bridgehead atoms. The predicted octanol–water partition coefficient (Wildman–Crippen LogP) is 4.17. The zero-order valence-corrected chi connectivity index (χ0v) is 17.5. The molecule has 31 heavy (non-hydrogen) atoms. The SMILES string of the molecule is CCSc1cc(OCC#N)cnc1-c1nc2cc(C(F)(F)F)n(C3CC3)c(=O)c2n1C. The molecule has 0 radical (unpaired) electrons. The first-order chi connectivity index (χ1) is 14.8. The quantitative estimate of drug-likeness (QED) is 0.525. The van der Waals surface area contributed by atoms with Crippen LogP contribution in [0.2, 0.25) is 0 Å². The molecule has 162 valence electrons. The maximum Gasteiger partial charge on any atom is 0.431 e. The fraction of sp³-hybridized carbons (Fsp3) is 0.400. The fourth-order valence-corrected chi connectivity index (χ4v) is 4.27. The fourth-order valence-electron chi connectivity index (χ4n) is 3.48. The van der Waals surface area contributed by atoms with Crippen molar-refractivity contribution in [2.45, 2.75) is 36.9 Å². The van der Waals surface area contributed by atoms with Crippen molar-refractivity contribution >= 4 is 22.8 Å². The van der Waals surface area contributed by atoms with E-state index in [4.69, 9.17) is 10.00 Å². The number of alkyl halides is 3. The van der Waals surface area contributed by atoms with Crippen LogP contribution in [0.4, 0.5) is 13.2 Å². The largest absolute Gasteiger partial charge is 0.477 e. The Kier molecular flexibility index (Phi) is 5.43. The Bertz CT molecular complexity index is 1250. The van der Waals surface area contributed by atoms with Gasteiger partial charge in [0, 0.05) is 18.0 Å². The molecular formula is C20H18F3N5O2S. The van der Waals surface area contributed by atoms with E-state index in [2.05, 4.69) is 9.97 Å². The lowest BCUT2D eigenvalue weighted by Crippen LogP contribution is -2.28. The van der Waals surface area contributed by atoms with Crippen LogP contribution in [0.15, 0.2) is 28.0 Å². The molecule has 1 fully saturated rings. The van der Waals surface area contributed by atoms with E-state index in [0.717, 1.165) is 10.6 Å². The van der Waals surface area contributed by atoms with E-state index in [-0.39, 0.29) is 23.5 Å². The van der Waals surface area contributed by atoms with Gasteiger partial charge in [-0.25, -0.2) is 9.97 Å². The summed E-state index contributed by atoms with van der Waals surface area (Å²) in [4.78, 5) is 22.5. The number of ether oxygens (including phenoxy) is 1. The van der Waals surface area contributed by atoms with Crippen molar-refractivity contribution in [2.24, 2.45) is 7.05 Å². The van der Waals surface area contributed by atoms with Gasteiger partial charge in [-0.1, -0.05) is 6.92 Å². The van der Waals surface area contributed by atoms with Gasteiger partial charge in [0.1, 0.15) is 28.7 Å². The highest BCUT2D eigenvalue weighted by Crippen LogP contribution is 2.40. The molecule has 0 atom stereocenters. The number of aromatic nitrogens is 4. The standard InChI is InChI=1S/C20H18F3N5O2S/c1-3-31-14-8-12(30-7-6-24)10-25-16(14)18-26-13-9-15(20(21,22)23)28(11-4-5-11)19(29)17(13)27(18)2/h8-11H,3-5,7H2,1-2H3. The minimum Gasteiger partial charge on any atom is -0.477 e. The Labute approximate surface area is 179 Å². The zero-order chi connectivity index (χ0) is 22.3. The summed E-state index contributed by atoms with van der Waals surface area (Å²) in [5, 5.41) is 8.70. The second kappa shape index (κ2) is 7.92. The number of nitriles is 1. The number of hydrogen-bond acceptors (Lipinski definition) is 6. The molecule has 4 rings (SSSR count). The van der Waals surface area contributed by atoms with E-state index < -0.39 is 23.5 Å². The van der Waals surface area contributed by atoms with Crippen LogP contribution >= 0.6 is 11.8 Å². The highest BCUT2D eigenvalue weighted by atomic mass is 32.2. The van der Waals surface area contributed by atoms with Crippen molar-refractivity contribution in [1.29, 1.82) is 5.26 Å². The van der Waals surface area contributed by atoms with Gasteiger partial charge < -0.3 is 9.30 Å². The van der Waals surface area contributed by atoms with Gasteiger partial charge in [-0.15, -0.1) is 11.8 Å². The first kappa shape index (κ1) is 21.2. The van der Waals surface area contributed by atoms with Gasteiger partial charge in [0.05, 0.1) is 11.7 Å². The highest BCUT2D eigenvalue weighted by molar-refractivity contribution is 7.99. The Morgan fingerprint density at radius 3 is 2.71 bits per heavy atom. The molecule has 3 aromatic heterocycles. The van der Waals surface area contributed by atoms with Crippen molar-refractivity contribution in [2.75, 3.05) is 12.4 Å². The third-order valence-electron chi connectivity index (χ3n) is 4.92. The molecule has 0 spiro atoms. The molecule has 0 aliphatic heterocycles. The molecule has 3 heterocycles. The third kappa shape index (κ3) is 3.87. The van der Waals surface area contributed by atoms with Crippen LogP contribution in [0.3, 0.4) is 0 Å². The van der Waals surface area contributed by atoms with E-state index in [1.54, 1.807) is 13.1 Å². The monoisotopic (exact) mass is 449 g/mol. The lowest BCUT2D eigenvalue weighted by Gasteiger charge is -2.15. The lowest BCUT2D eigenvalue weighted by atomic mass is 10.2. The number of halogens is 3. The number of nitrogens with zero attached hydrogens (tertiary/aromatic N) is 5. The average Bonchev–Trinajstić information content (AvgIpc) is 3.49. The number of rotatable bonds is 6. The van der Waals surface area contributed by atoms with E-state index in [1.165, 1.54) is 22.5 Å². The Balaban J connectivity index is 1.92. The van der Waals surface area contributed by atoms with Crippen molar-refractivity contribution < 1.29 is 17.9 Å². The van der Waals surface area contributed by atoms with Crippen LogP contribution in [0.25, 0.3) is 22.6 Å². The lowest BCUT2D eigenvalue weighted by molar-refractivity contribution is -0.144. The van der Waals surface area contributed by atoms with Gasteiger partial charge >= 0.3 is 6.18 Å². The number of imidazole rings is 1. The molecule has 7 nitrogen and oxygen atoms in total. The summed E-state index contributed by atoms with van der Waals surface area (Å²) >= 11 is 1.45. The topological polar surface area (TPSA) is 85.7 Å². The Morgan fingerprint density at radius 2 is 2.10 bits per heavy atom. The van der Waals surface area contributed by atoms with Gasteiger partial charge in [-0.3, -0.25) is 9.36 Å². The average molecular weight is 449 g/mol. The summed E-state index contributed by atoms with van der Waals surface area (Å²) in [5.74, 6) is 1.39. The van der Waals surface area contributed by atoms with Crippen molar-refractivity contribution in [3.8, 4) is 23.3 Å². The van der Waals surface area contributed by atoms with E-state index in [9.17, 15) is 18.0 Å². The van der Waals surface area contributed by atoms with Gasteiger partial charge in [0.25, 0.3) is 5.56 Å². The summed E-state index contributed by atoms with van der Waals surface area (Å²) < 4.78 is 48.6. The Morgan fingerprint density at radius 1 is 1.35 bits per heavy atom. The van der Waals surface area contributed by atoms with Crippen LogP contribution in [0.5, 0.6) is 5.75 Å². The number of fused-ring (bicyclic) bond motifs is 1. The zero-order valence-electron chi connectivity index (χ0n) is 16.7. The molecule has 1 saturated carbocycles. The maximum atomic E-state index is 13.6. The second-order valence-corrected chi connectivity index (χ2v) is 8.37. The molecule has 11 heteroatoms. The number of pyridine rings is 2.